The Kier molecular flexibility index (Phi) is 4.47. The van der Waals surface area contributed by atoms with Crippen molar-refractivity contribution < 1.29 is 14.6 Å². The molecule has 0 aliphatic carbocycles. The van der Waals surface area contributed by atoms with E-state index in [1.807, 2.05) is 67.6 Å². The van der Waals surface area contributed by atoms with Crippen molar-refractivity contribution >= 4 is 11.6 Å². The average Bonchev–Trinajstić information content (AvgIpc) is 3.35. The third-order valence-electron chi connectivity index (χ3n) is 5.65. The van der Waals surface area contributed by atoms with Crippen molar-refractivity contribution in [3.63, 3.8) is 0 Å². The molecule has 1 aromatic heterocycles. The summed E-state index contributed by atoms with van der Waals surface area (Å²) in [5.74, 6) is 0.255. The number of hydrogen-bond acceptors (Lipinski definition) is 4. The van der Waals surface area contributed by atoms with Gasteiger partial charge in [-0.1, -0.05) is 54.1 Å². The minimum Gasteiger partial charge on any atom is -0.504 e. The van der Waals surface area contributed by atoms with E-state index in [1.165, 1.54) is 7.11 Å². The van der Waals surface area contributed by atoms with E-state index in [1.54, 1.807) is 17.0 Å². The van der Waals surface area contributed by atoms with Crippen molar-refractivity contribution in [2.24, 2.45) is 0 Å². The summed E-state index contributed by atoms with van der Waals surface area (Å²) in [5, 5.41) is 17.6. The van der Waals surface area contributed by atoms with Crippen LogP contribution in [0.3, 0.4) is 0 Å². The Morgan fingerprint density at radius 1 is 1.03 bits per heavy atom. The fourth-order valence-electron chi connectivity index (χ4n) is 4.11. The average molecular weight is 411 g/mol. The van der Waals surface area contributed by atoms with E-state index < -0.39 is 6.04 Å². The number of nitrogens with one attached hydrogen (secondary N) is 1. The SMILES string of the molecule is COc1cc([C@@H]2c3c(-c4ccccc4)n[nH]c3C(=O)N2c2ccc(C)cc2)ccc1O. The minimum absolute atomic E-state index is 0.0492. The molecule has 3 aromatic carbocycles. The smallest absolute Gasteiger partial charge is 0.277 e. The molecular formula is C25H21N3O3. The highest BCUT2D eigenvalue weighted by molar-refractivity contribution is 6.11. The molecule has 0 fully saturated rings. The monoisotopic (exact) mass is 411 g/mol. The first kappa shape index (κ1) is 18.9. The molecule has 1 aliphatic rings. The van der Waals surface area contributed by atoms with Gasteiger partial charge in [-0.3, -0.25) is 14.8 Å². The van der Waals surface area contributed by atoms with Crippen LogP contribution in [0.4, 0.5) is 5.69 Å². The number of benzene rings is 3. The number of nitrogens with zero attached hydrogens (tertiary/aromatic N) is 2. The van der Waals surface area contributed by atoms with E-state index in [2.05, 4.69) is 10.2 Å². The van der Waals surface area contributed by atoms with Crippen LogP contribution < -0.4 is 9.64 Å². The predicted molar refractivity (Wildman–Crippen MR) is 119 cm³/mol. The Bertz CT molecular complexity index is 1260. The Labute approximate surface area is 179 Å². The third-order valence-corrected chi connectivity index (χ3v) is 5.65. The number of aromatic amines is 1. The number of carbonyl (C=O) groups excluding carboxylic acids is 1. The van der Waals surface area contributed by atoms with E-state index in [0.717, 1.165) is 33.6 Å². The third kappa shape index (κ3) is 3.04. The van der Waals surface area contributed by atoms with Crippen LogP contribution in [0.2, 0.25) is 0 Å². The molecule has 1 atom stereocenters. The van der Waals surface area contributed by atoms with Crippen LogP contribution >= 0.6 is 0 Å². The Morgan fingerprint density at radius 3 is 2.48 bits per heavy atom. The number of aromatic hydroxyl groups is 1. The van der Waals surface area contributed by atoms with E-state index in [4.69, 9.17) is 4.74 Å². The number of aryl methyl sites for hydroxylation is 1. The van der Waals surface area contributed by atoms with Crippen LogP contribution in [0.5, 0.6) is 11.5 Å². The second kappa shape index (κ2) is 7.32. The molecule has 154 valence electrons. The summed E-state index contributed by atoms with van der Waals surface area (Å²) in [4.78, 5) is 15.3. The number of fused-ring (bicyclic) bond motifs is 1. The van der Waals surface area contributed by atoms with Gasteiger partial charge in [0, 0.05) is 16.8 Å². The Balaban J connectivity index is 1.74. The van der Waals surface area contributed by atoms with Crippen molar-refractivity contribution in [1.29, 1.82) is 0 Å². The van der Waals surface area contributed by atoms with Gasteiger partial charge in [0.1, 0.15) is 5.69 Å². The van der Waals surface area contributed by atoms with Crippen molar-refractivity contribution in [3.05, 3.63) is 95.2 Å². The number of hydrogen-bond donors (Lipinski definition) is 2. The number of ether oxygens (including phenoxy) is 1. The molecule has 2 heterocycles. The zero-order valence-electron chi connectivity index (χ0n) is 17.2. The zero-order chi connectivity index (χ0) is 21.5. The maximum atomic E-state index is 13.5. The molecule has 31 heavy (non-hydrogen) atoms. The number of phenolic OH excluding ortho intramolecular Hbond substituents is 1. The normalized spacial score (nSPS) is 15.2. The zero-order valence-corrected chi connectivity index (χ0v) is 17.2. The van der Waals surface area contributed by atoms with E-state index in [0.29, 0.717) is 11.4 Å². The van der Waals surface area contributed by atoms with Gasteiger partial charge in [0.2, 0.25) is 0 Å². The van der Waals surface area contributed by atoms with Crippen LogP contribution in [0.15, 0.2) is 72.8 Å². The molecular weight excluding hydrogens is 390 g/mol. The molecule has 0 radical (unpaired) electrons. The number of amides is 1. The van der Waals surface area contributed by atoms with Gasteiger partial charge in [0.25, 0.3) is 5.91 Å². The second-order valence-electron chi connectivity index (χ2n) is 7.57. The summed E-state index contributed by atoms with van der Waals surface area (Å²) in [7, 11) is 1.51. The van der Waals surface area contributed by atoms with Gasteiger partial charge in [-0.05, 0) is 36.8 Å². The lowest BCUT2D eigenvalue weighted by molar-refractivity contribution is 0.0988. The Hall–Kier alpha value is -4.06. The second-order valence-corrected chi connectivity index (χ2v) is 7.57. The summed E-state index contributed by atoms with van der Waals surface area (Å²) in [5.41, 5.74) is 5.66. The van der Waals surface area contributed by atoms with Gasteiger partial charge >= 0.3 is 0 Å². The molecule has 0 saturated carbocycles. The number of H-pyrrole nitrogens is 1. The molecule has 0 bridgehead atoms. The highest BCUT2D eigenvalue weighted by Gasteiger charge is 2.43. The van der Waals surface area contributed by atoms with Gasteiger partial charge in [-0.2, -0.15) is 5.10 Å². The fourth-order valence-corrected chi connectivity index (χ4v) is 4.11. The predicted octanol–water partition coefficient (Wildman–Crippen LogP) is 4.85. The van der Waals surface area contributed by atoms with Crippen molar-refractivity contribution in [2.45, 2.75) is 13.0 Å². The molecule has 1 amide bonds. The van der Waals surface area contributed by atoms with Gasteiger partial charge in [-0.25, -0.2) is 0 Å². The summed E-state index contributed by atoms with van der Waals surface area (Å²) >= 11 is 0. The van der Waals surface area contributed by atoms with E-state index in [9.17, 15) is 9.90 Å². The van der Waals surface area contributed by atoms with Gasteiger partial charge < -0.3 is 9.84 Å². The molecule has 1 aliphatic heterocycles. The summed E-state index contributed by atoms with van der Waals surface area (Å²) < 4.78 is 5.34. The topological polar surface area (TPSA) is 78.5 Å². The standard InChI is InChI=1S/C25H21N3O3/c1-15-8-11-18(12-9-15)28-24(17-10-13-19(29)20(14-17)31-2)21-22(16-6-4-3-5-7-16)26-27-23(21)25(28)30/h3-14,24,29H,1-2H3,(H,26,27)/t24-/m1/s1. The highest BCUT2D eigenvalue weighted by atomic mass is 16.5. The summed E-state index contributed by atoms with van der Waals surface area (Å²) in [6, 6.07) is 22.4. The minimum atomic E-state index is -0.423. The molecule has 2 N–H and O–H groups in total. The van der Waals surface area contributed by atoms with E-state index >= 15 is 0 Å². The number of phenols is 1. The van der Waals surface area contributed by atoms with E-state index in [-0.39, 0.29) is 11.7 Å². The van der Waals surface area contributed by atoms with Crippen LogP contribution in [0.25, 0.3) is 11.3 Å². The Morgan fingerprint density at radius 2 is 1.77 bits per heavy atom. The molecule has 5 rings (SSSR count). The van der Waals surface area contributed by atoms with Crippen LogP contribution in [-0.2, 0) is 0 Å². The number of rotatable bonds is 4. The molecule has 0 saturated heterocycles. The molecule has 6 heteroatoms. The van der Waals surface area contributed by atoms with Crippen LogP contribution in [0.1, 0.15) is 33.2 Å². The van der Waals surface area contributed by atoms with Crippen LogP contribution in [-0.4, -0.2) is 28.3 Å². The first-order valence-corrected chi connectivity index (χ1v) is 9.99. The van der Waals surface area contributed by atoms with Gasteiger partial charge in [-0.15, -0.1) is 0 Å². The first-order valence-electron chi connectivity index (χ1n) is 9.99. The fraction of sp³-hybridized carbons (Fsp3) is 0.120. The van der Waals surface area contributed by atoms with Crippen LogP contribution in [0, 0.1) is 6.92 Å². The van der Waals surface area contributed by atoms with Crippen molar-refractivity contribution in [2.75, 3.05) is 12.0 Å². The molecule has 4 aromatic rings. The highest BCUT2D eigenvalue weighted by Crippen LogP contribution is 2.46. The maximum absolute atomic E-state index is 13.5. The van der Waals surface area contributed by atoms with Crippen molar-refractivity contribution in [3.8, 4) is 22.8 Å². The molecule has 0 unspecified atom stereocenters. The van der Waals surface area contributed by atoms with Crippen molar-refractivity contribution in [1.82, 2.24) is 10.2 Å². The lowest BCUT2D eigenvalue weighted by Gasteiger charge is -2.27. The lowest BCUT2D eigenvalue weighted by Crippen LogP contribution is -2.29. The lowest BCUT2D eigenvalue weighted by atomic mass is 9.95. The molecule has 6 nitrogen and oxygen atoms in total. The largest absolute Gasteiger partial charge is 0.504 e. The first-order chi connectivity index (χ1) is 15.1. The number of carbonyl (C=O) groups is 1. The quantitative estimate of drug-likeness (QED) is 0.503. The van der Waals surface area contributed by atoms with Gasteiger partial charge in [0.15, 0.2) is 11.5 Å². The molecule has 0 spiro atoms. The number of anilines is 1. The maximum Gasteiger partial charge on any atom is 0.277 e. The number of aromatic nitrogens is 2. The summed E-state index contributed by atoms with van der Waals surface area (Å²) in [6.07, 6.45) is 0. The number of methoxy groups -OCH3 is 1. The summed E-state index contributed by atoms with van der Waals surface area (Å²) in [6.45, 7) is 2.01. The van der Waals surface area contributed by atoms with Gasteiger partial charge in [0.05, 0.1) is 18.8 Å².